The van der Waals surface area contributed by atoms with Crippen molar-refractivity contribution in [3.8, 4) is 0 Å². The van der Waals surface area contributed by atoms with Crippen LogP contribution in [0.2, 0.25) is 0 Å². The summed E-state index contributed by atoms with van der Waals surface area (Å²) in [5.41, 5.74) is 0. The number of carbonyl (C=O) groups is 1. The largest absolute Gasteiger partial charge is 0.394 e. The van der Waals surface area contributed by atoms with Crippen LogP contribution in [-0.2, 0) is 4.79 Å². The Kier molecular flexibility index (Phi) is 49.1. The highest BCUT2D eigenvalue weighted by atomic mass is 16.3. The van der Waals surface area contributed by atoms with Crippen molar-refractivity contribution in [2.45, 2.75) is 283 Å². The molecule has 5 nitrogen and oxygen atoms in total. The van der Waals surface area contributed by atoms with E-state index in [0.717, 1.165) is 51.4 Å². The summed E-state index contributed by atoms with van der Waals surface area (Å²) in [6.07, 6.45) is 68.6. The fourth-order valence-electron chi connectivity index (χ4n) is 7.90. The van der Waals surface area contributed by atoms with Crippen LogP contribution in [0.25, 0.3) is 0 Å². The number of rotatable bonds is 48. The molecule has 3 atom stereocenters. The van der Waals surface area contributed by atoms with Gasteiger partial charge in [-0.25, -0.2) is 0 Å². The van der Waals surface area contributed by atoms with Crippen molar-refractivity contribution in [3.05, 3.63) is 60.8 Å². The van der Waals surface area contributed by atoms with E-state index >= 15 is 0 Å². The maximum Gasteiger partial charge on any atom is 0.249 e. The summed E-state index contributed by atoms with van der Waals surface area (Å²) in [6, 6.07) is -0.823. The second-order valence-electron chi connectivity index (χ2n) is 18.1. The molecule has 0 aromatic heterocycles. The standard InChI is InChI=1S/C56H103NO4/c1-3-5-7-9-11-13-15-17-19-21-22-23-24-25-26-27-28-29-30-31-32-33-35-37-39-41-43-45-47-49-51-55(60)56(61)57-53(52-58)54(59)50-48-46-44-42-40-38-36-34-20-18-16-14-12-10-8-6-4-2/h20,22-23,25-26,34,40,42,48,50,53-55,58-60H,3-19,21,24,27-33,35-39,41,43-47,49,51-52H2,1-2H3,(H,57,61)/b23-22-,26-25-,34-20+,42-40+,50-48+. The van der Waals surface area contributed by atoms with E-state index in [9.17, 15) is 20.1 Å². The highest BCUT2D eigenvalue weighted by Gasteiger charge is 2.22. The van der Waals surface area contributed by atoms with E-state index in [1.54, 1.807) is 6.08 Å². The van der Waals surface area contributed by atoms with Crippen molar-refractivity contribution in [1.29, 1.82) is 0 Å². The minimum Gasteiger partial charge on any atom is -0.394 e. The quantitative estimate of drug-likeness (QED) is 0.0363. The first-order valence-electron chi connectivity index (χ1n) is 26.6. The molecule has 4 N–H and O–H groups in total. The van der Waals surface area contributed by atoms with Gasteiger partial charge < -0.3 is 20.6 Å². The highest BCUT2D eigenvalue weighted by Crippen LogP contribution is 2.16. The van der Waals surface area contributed by atoms with E-state index in [2.05, 4.69) is 67.8 Å². The number of hydrogen-bond acceptors (Lipinski definition) is 4. The minimum atomic E-state index is -1.11. The Morgan fingerprint density at radius 1 is 0.410 bits per heavy atom. The predicted molar refractivity (Wildman–Crippen MR) is 268 cm³/mol. The molecule has 0 fully saturated rings. The van der Waals surface area contributed by atoms with E-state index in [1.807, 2.05) is 6.08 Å². The van der Waals surface area contributed by atoms with Crippen molar-refractivity contribution in [3.63, 3.8) is 0 Å². The van der Waals surface area contributed by atoms with Crippen molar-refractivity contribution in [2.75, 3.05) is 6.61 Å². The molecule has 61 heavy (non-hydrogen) atoms. The van der Waals surface area contributed by atoms with E-state index in [0.29, 0.717) is 6.42 Å². The summed E-state index contributed by atoms with van der Waals surface area (Å²) in [5, 5.41) is 33.2. The minimum absolute atomic E-state index is 0.383. The van der Waals surface area contributed by atoms with Gasteiger partial charge in [0.05, 0.1) is 18.8 Å². The Labute approximate surface area is 379 Å². The normalized spacial score (nSPS) is 13.9. The molecule has 0 spiro atoms. The topological polar surface area (TPSA) is 89.8 Å². The van der Waals surface area contributed by atoms with Crippen molar-refractivity contribution in [1.82, 2.24) is 5.32 Å². The Morgan fingerprint density at radius 3 is 1.10 bits per heavy atom. The number of aliphatic hydroxyl groups excluding tert-OH is 3. The molecule has 1 amide bonds. The molecular weight excluding hydrogens is 751 g/mol. The summed E-state index contributed by atoms with van der Waals surface area (Å²) in [6.45, 7) is 4.17. The van der Waals surface area contributed by atoms with Crippen LogP contribution in [0.5, 0.6) is 0 Å². The third-order valence-electron chi connectivity index (χ3n) is 12.1. The molecule has 5 heteroatoms. The van der Waals surface area contributed by atoms with Crippen LogP contribution in [-0.4, -0.2) is 46.1 Å². The smallest absolute Gasteiger partial charge is 0.249 e. The number of aliphatic hydroxyl groups is 3. The van der Waals surface area contributed by atoms with Gasteiger partial charge in [-0.15, -0.1) is 0 Å². The highest BCUT2D eigenvalue weighted by molar-refractivity contribution is 5.80. The summed E-state index contributed by atoms with van der Waals surface area (Å²) in [7, 11) is 0. The number of allylic oxidation sites excluding steroid dienone is 9. The van der Waals surface area contributed by atoms with Crippen molar-refractivity contribution >= 4 is 5.91 Å². The molecule has 0 radical (unpaired) electrons. The average Bonchev–Trinajstić information content (AvgIpc) is 3.26. The monoisotopic (exact) mass is 854 g/mol. The molecule has 0 rings (SSSR count). The summed E-state index contributed by atoms with van der Waals surface area (Å²) < 4.78 is 0. The summed E-state index contributed by atoms with van der Waals surface area (Å²) in [4.78, 5) is 12.5. The predicted octanol–water partition coefficient (Wildman–Crippen LogP) is 16.2. The fraction of sp³-hybridized carbons (Fsp3) is 0.804. The van der Waals surface area contributed by atoms with Gasteiger partial charge in [0.15, 0.2) is 0 Å². The number of hydrogen-bond donors (Lipinski definition) is 4. The molecule has 0 aromatic rings. The molecule has 0 bridgehead atoms. The average molecular weight is 854 g/mol. The first kappa shape index (κ1) is 59.0. The molecule has 0 saturated heterocycles. The van der Waals surface area contributed by atoms with Gasteiger partial charge in [0.1, 0.15) is 6.10 Å². The van der Waals surface area contributed by atoms with Gasteiger partial charge in [0.25, 0.3) is 0 Å². The lowest BCUT2D eigenvalue weighted by Gasteiger charge is -2.21. The van der Waals surface area contributed by atoms with Gasteiger partial charge in [-0.3, -0.25) is 4.79 Å². The third kappa shape index (κ3) is 45.9. The van der Waals surface area contributed by atoms with Crippen LogP contribution < -0.4 is 5.32 Å². The van der Waals surface area contributed by atoms with Gasteiger partial charge in [0.2, 0.25) is 5.91 Å². The van der Waals surface area contributed by atoms with Crippen LogP contribution in [0.15, 0.2) is 60.8 Å². The SMILES string of the molecule is CCCCCCCCC/C=C/CC/C=C/CC/C=C/C(O)C(CO)NC(=O)C(O)CCCCCCCCCCCCCCCC/C=C\C/C=C\CCCCCCCCCCC. The Bertz CT molecular complexity index is 1030. The van der Waals surface area contributed by atoms with E-state index in [-0.39, 0.29) is 6.61 Å². The van der Waals surface area contributed by atoms with E-state index < -0.39 is 24.2 Å². The zero-order valence-electron chi connectivity index (χ0n) is 40.5. The molecule has 0 aliphatic rings. The Morgan fingerprint density at radius 2 is 0.721 bits per heavy atom. The molecule has 0 aromatic carbocycles. The lowest BCUT2D eigenvalue weighted by atomic mass is 10.0. The van der Waals surface area contributed by atoms with Gasteiger partial charge in [-0.2, -0.15) is 0 Å². The number of nitrogens with one attached hydrogen (secondary N) is 1. The van der Waals surface area contributed by atoms with Crippen LogP contribution in [0, 0.1) is 0 Å². The maximum atomic E-state index is 12.5. The maximum absolute atomic E-state index is 12.5. The van der Waals surface area contributed by atoms with Gasteiger partial charge in [0, 0.05) is 0 Å². The molecule has 3 unspecified atom stereocenters. The van der Waals surface area contributed by atoms with Gasteiger partial charge in [-0.05, 0) is 77.0 Å². The Hall–Kier alpha value is -1.95. The second-order valence-corrected chi connectivity index (χ2v) is 18.1. The number of carbonyl (C=O) groups excluding carboxylic acids is 1. The number of unbranched alkanes of at least 4 members (excludes halogenated alkanes) is 32. The lowest BCUT2D eigenvalue weighted by Crippen LogP contribution is -2.48. The zero-order valence-corrected chi connectivity index (χ0v) is 40.5. The first-order valence-corrected chi connectivity index (χ1v) is 26.6. The molecular formula is C56H103NO4. The molecule has 0 saturated carbocycles. The lowest BCUT2D eigenvalue weighted by molar-refractivity contribution is -0.131. The third-order valence-corrected chi connectivity index (χ3v) is 12.1. The second kappa shape index (κ2) is 50.7. The van der Waals surface area contributed by atoms with Crippen LogP contribution in [0.4, 0.5) is 0 Å². The van der Waals surface area contributed by atoms with Crippen LogP contribution in [0.3, 0.4) is 0 Å². The van der Waals surface area contributed by atoms with Gasteiger partial charge in [-0.1, -0.05) is 248 Å². The summed E-state index contributed by atoms with van der Waals surface area (Å²) in [5.74, 6) is -0.517. The van der Waals surface area contributed by atoms with Crippen LogP contribution >= 0.6 is 0 Å². The molecule has 0 aliphatic carbocycles. The van der Waals surface area contributed by atoms with Crippen molar-refractivity contribution < 1.29 is 20.1 Å². The van der Waals surface area contributed by atoms with E-state index in [4.69, 9.17) is 0 Å². The van der Waals surface area contributed by atoms with Crippen molar-refractivity contribution in [2.24, 2.45) is 0 Å². The zero-order chi connectivity index (χ0) is 44.4. The number of amides is 1. The molecule has 356 valence electrons. The van der Waals surface area contributed by atoms with E-state index in [1.165, 1.54) is 193 Å². The van der Waals surface area contributed by atoms with Gasteiger partial charge >= 0.3 is 0 Å². The fourth-order valence-corrected chi connectivity index (χ4v) is 7.90. The summed E-state index contributed by atoms with van der Waals surface area (Å²) >= 11 is 0. The molecule has 0 heterocycles. The van der Waals surface area contributed by atoms with Crippen LogP contribution in [0.1, 0.15) is 264 Å². The Balaban J connectivity index is 3.62. The first-order chi connectivity index (χ1) is 30.1. The molecule has 0 aliphatic heterocycles.